The third-order valence-corrected chi connectivity index (χ3v) is 2.90. The van der Waals surface area contributed by atoms with Gasteiger partial charge in [0, 0.05) is 32.2 Å². The first-order chi connectivity index (χ1) is 6.63. The number of hydrogen-bond acceptors (Lipinski definition) is 3. The van der Waals surface area contributed by atoms with E-state index in [-0.39, 0.29) is 0 Å². The van der Waals surface area contributed by atoms with Gasteiger partial charge in [0.05, 0.1) is 0 Å². The number of likely N-dealkylation sites (tertiary alicyclic amines) is 1. The molecule has 1 aliphatic heterocycles. The predicted octanol–water partition coefficient (Wildman–Crippen LogP) is 0.607. The summed E-state index contributed by atoms with van der Waals surface area (Å²) in [7, 11) is 2.20. The van der Waals surface area contributed by atoms with Gasteiger partial charge in [-0.3, -0.25) is 4.90 Å². The highest BCUT2D eigenvalue weighted by molar-refractivity contribution is 4.82. The van der Waals surface area contributed by atoms with Crippen molar-refractivity contribution in [3.05, 3.63) is 0 Å². The van der Waals surface area contributed by atoms with Gasteiger partial charge in [0.1, 0.15) is 0 Å². The normalized spacial score (nSPS) is 24.0. The lowest BCUT2D eigenvalue weighted by molar-refractivity contribution is 0.182. The molecule has 0 spiro atoms. The summed E-state index contributed by atoms with van der Waals surface area (Å²) in [5.41, 5.74) is 5.65. The second-order valence-corrected chi connectivity index (χ2v) is 4.88. The van der Waals surface area contributed by atoms with Crippen molar-refractivity contribution in [3.63, 3.8) is 0 Å². The smallest absolute Gasteiger partial charge is 0.0235 e. The van der Waals surface area contributed by atoms with Crippen molar-refractivity contribution in [2.45, 2.75) is 26.3 Å². The van der Waals surface area contributed by atoms with Gasteiger partial charge in [0.15, 0.2) is 0 Å². The Morgan fingerprint density at radius 2 is 2.21 bits per heavy atom. The number of rotatable bonds is 5. The zero-order valence-corrected chi connectivity index (χ0v) is 9.87. The fourth-order valence-electron chi connectivity index (χ4n) is 2.27. The minimum Gasteiger partial charge on any atom is -0.329 e. The molecule has 1 rings (SSSR count). The van der Waals surface area contributed by atoms with E-state index in [0.29, 0.717) is 0 Å². The van der Waals surface area contributed by atoms with Crippen molar-refractivity contribution in [2.75, 3.05) is 39.8 Å². The van der Waals surface area contributed by atoms with Crippen LogP contribution >= 0.6 is 0 Å². The van der Waals surface area contributed by atoms with E-state index >= 15 is 0 Å². The largest absolute Gasteiger partial charge is 0.329 e. The van der Waals surface area contributed by atoms with Crippen LogP contribution in [0, 0.1) is 5.92 Å². The summed E-state index contributed by atoms with van der Waals surface area (Å²) in [6.45, 7) is 10.0. The van der Waals surface area contributed by atoms with Crippen LogP contribution in [0.15, 0.2) is 0 Å². The molecule has 2 N–H and O–H groups in total. The standard InChI is InChI=1S/C11H25N3/c1-10(2)8-14(7-5-12)11-4-6-13(3)9-11/h10-11H,4-9,12H2,1-3H3. The van der Waals surface area contributed by atoms with Crippen LogP contribution in [0.3, 0.4) is 0 Å². The Morgan fingerprint density at radius 3 is 2.64 bits per heavy atom. The minimum atomic E-state index is 0.742. The van der Waals surface area contributed by atoms with Crippen molar-refractivity contribution in [2.24, 2.45) is 11.7 Å². The highest BCUT2D eigenvalue weighted by Gasteiger charge is 2.25. The molecule has 0 aromatic carbocycles. The lowest BCUT2D eigenvalue weighted by atomic mass is 10.1. The summed E-state index contributed by atoms with van der Waals surface area (Å²) in [5, 5.41) is 0. The first-order valence-corrected chi connectivity index (χ1v) is 5.76. The van der Waals surface area contributed by atoms with E-state index in [4.69, 9.17) is 5.73 Å². The molecule has 0 saturated carbocycles. The molecule has 0 bridgehead atoms. The maximum absolute atomic E-state index is 5.65. The quantitative estimate of drug-likeness (QED) is 0.704. The van der Waals surface area contributed by atoms with Crippen LogP contribution < -0.4 is 5.73 Å². The van der Waals surface area contributed by atoms with Crippen LogP contribution in [-0.2, 0) is 0 Å². The molecule has 0 radical (unpaired) electrons. The lowest BCUT2D eigenvalue weighted by Crippen LogP contribution is -2.42. The average molecular weight is 199 g/mol. The Kier molecular flexibility index (Phi) is 4.85. The van der Waals surface area contributed by atoms with Gasteiger partial charge in [-0.05, 0) is 25.9 Å². The van der Waals surface area contributed by atoms with E-state index in [2.05, 4.69) is 30.7 Å². The summed E-state index contributed by atoms with van der Waals surface area (Å²) in [6.07, 6.45) is 1.31. The van der Waals surface area contributed by atoms with Crippen LogP contribution in [0.25, 0.3) is 0 Å². The van der Waals surface area contributed by atoms with Gasteiger partial charge in [-0.25, -0.2) is 0 Å². The fourth-order valence-corrected chi connectivity index (χ4v) is 2.27. The van der Waals surface area contributed by atoms with E-state index in [9.17, 15) is 0 Å². The molecule has 84 valence electrons. The zero-order valence-electron chi connectivity index (χ0n) is 9.87. The molecule has 0 aromatic rings. The lowest BCUT2D eigenvalue weighted by Gasteiger charge is -2.29. The van der Waals surface area contributed by atoms with Crippen molar-refractivity contribution < 1.29 is 0 Å². The topological polar surface area (TPSA) is 32.5 Å². The molecule has 1 aliphatic rings. The molecule has 0 aliphatic carbocycles. The number of hydrogen-bond donors (Lipinski definition) is 1. The van der Waals surface area contributed by atoms with Crippen LogP contribution in [0.2, 0.25) is 0 Å². The second kappa shape index (κ2) is 5.69. The zero-order chi connectivity index (χ0) is 10.6. The number of nitrogens with zero attached hydrogens (tertiary/aromatic N) is 2. The van der Waals surface area contributed by atoms with Crippen molar-refractivity contribution in [1.29, 1.82) is 0 Å². The Balaban J connectivity index is 2.41. The number of nitrogens with two attached hydrogens (primary N) is 1. The van der Waals surface area contributed by atoms with Crippen LogP contribution in [0.1, 0.15) is 20.3 Å². The molecule has 0 amide bonds. The summed E-state index contributed by atoms with van der Waals surface area (Å²) < 4.78 is 0. The first kappa shape index (κ1) is 12.0. The third-order valence-electron chi connectivity index (χ3n) is 2.90. The van der Waals surface area contributed by atoms with E-state index in [1.165, 1.54) is 26.1 Å². The SMILES string of the molecule is CC(C)CN(CCN)C1CCN(C)C1. The van der Waals surface area contributed by atoms with Crippen molar-refractivity contribution >= 4 is 0 Å². The molecule has 1 heterocycles. The second-order valence-electron chi connectivity index (χ2n) is 4.88. The minimum absolute atomic E-state index is 0.742. The van der Waals surface area contributed by atoms with Gasteiger partial charge < -0.3 is 10.6 Å². The summed E-state index contributed by atoms with van der Waals surface area (Å²) in [6, 6.07) is 0.742. The first-order valence-electron chi connectivity index (χ1n) is 5.76. The maximum Gasteiger partial charge on any atom is 0.0235 e. The van der Waals surface area contributed by atoms with E-state index in [1.807, 2.05) is 0 Å². The third kappa shape index (κ3) is 3.56. The van der Waals surface area contributed by atoms with Crippen LogP contribution in [0.5, 0.6) is 0 Å². The van der Waals surface area contributed by atoms with Gasteiger partial charge >= 0.3 is 0 Å². The average Bonchev–Trinajstić information content (AvgIpc) is 2.50. The van der Waals surface area contributed by atoms with E-state index in [0.717, 1.165) is 25.0 Å². The van der Waals surface area contributed by atoms with E-state index < -0.39 is 0 Å². The Hall–Kier alpha value is -0.120. The molecule has 3 nitrogen and oxygen atoms in total. The Labute approximate surface area is 88.2 Å². The molecular weight excluding hydrogens is 174 g/mol. The van der Waals surface area contributed by atoms with Crippen molar-refractivity contribution in [3.8, 4) is 0 Å². The summed E-state index contributed by atoms with van der Waals surface area (Å²) in [5.74, 6) is 0.743. The monoisotopic (exact) mass is 199 g/mol. The molecule has 1 fully saturated rings. The van der Waals surface area contributed by atoms with Crippen LogP contribution in [0.4, 0.5) is 0 Å². The molecule has 1 unspecified atom stereocenters. The van der Waals surface area contributed by atoms with Gasteiger partial charge in [0.25, 0.3) is 0 Å². The van der Waals surface area contributed by atoms with Gasteiger partial charge in [0.2, 0.25) is 0 Å². The molecule has 3 heteroatoms. The molecule has 1 atom stereocenters. The number of likely N-dealkylation sites (N-methyl/N-ethyl adjacent to an activating group) is 1. The Bertz CT molecular complexity index is 159. The highest BCUT2D eigenvalue weighted by atomic mass is 15.2. The van der Waals surface area contributed by atoms with Gasteiger partial charge in [-0.2, -0.15) is 0 Å². The maximum atomic E-state index is 5.65. The van der Waals surface area contributed by atoms with Gasteiger partial charge in [-0.15, -0.1) is 0 Å². The summed E-state index contributed by atoms with van der Waals surface area (Å²) in [4.78, 5) is 4.97. The fraction of sp³-hybridized carbons (Fsp3) is 1.00. The molecule has 0 aromatic heterocycles. The Morgan fingerprint density at radius 1 is 1.50 bits per heavy atom. The van der Waals surface area contributed by atoms with Crippen molar-refractivity contribution in [1.82, 2.24) is 9.80 Å². The highest BCUT2D eigenvalue weighted by Crippen LogP contribution is 2.15. The molecule has 14 heavy (non-hydrogen) atoms. The van der Waals surface area contributed by atoms with E-state index in [1.54, 1.807) is 0 Å². The van der Waals surface area contributed by atoms with Crippen LogP contribution in [-0.4, -0.2) is 55.6 Å². The summed E-state index contributed by atoms with van der Waals surface area (Å²) >= 11 is 0. The molecular formula is C11H25N3. The molecule has 1 saturated heterocycles. The van der Waals surface area contributed by atoms with Gasteiger partial charge in [-0.1, -0.05) is 13.8 Å². The predicted molar refractivity (Wildman–Crippen MR) is 61.4 cm³/mol.